The fourth-order valence-electron chi connectivity index (χ4n) is 3.09. The molecule has 0 spiro atoms. The molecule has 3 rings (SSSR count). The first-order valence-corrected chi connectivity index (χ1v) is 15.5. The number of ether oxygens (including phenoxy) is 4. The standard InChI is InChI=1S/C24H34O4S4/c1-19-11-29-15-23(16-30-12-19)27-9-7-25-21-3-5-22(6-4-21)26-8-10-28-24-17-31-13-20(2)14-32-18-24/h3-6,23-24H,1-2,7-18H2. The lowest BCUT2D eigenvalue weighted by Crippen LogP contribution is -2.24. The maximum atomic E-state index is 5.99. The largest absolute Gasteiger partial charge is 0.491 e. The molecule has 0 bridgehead atoms. The Labute approximate surface area is 210 Å². The summed E-state index contributed by atoms with van der Waals surface area (Å²) < 4.78 is 23.6. The summed E-state index contributed by atoms with van der Waals surface area (Å²) in [4.78, 5) is 0. The first kappa shape index (κ1) is 26.2. The van der Waals surface area contributed by atoms with Crippen LogP contribution in [0, 0.1) is 0 Å². The van der Waals surface area contributed by atoms with Gasteiger partial charge in [-0.2, -0.15) is 47.0 Å². The van der Waals surface area contributed by atoms with E-state index in [2.05, 4.69) is 13.2 Å². The second kappa shape index (κ2) is 15.5. The highest BCUT2D eigenvalue weighted by Gasteiger charge is 2.14. The maximum Gasteiger partial charge on any atom is 0.119 e. The summed E-state index contributed by atoms with van der Waals surface area (Å²) in [6, 6.07) is 7.77. The second-order valence-electron chi connectivity index (χ2n) is 7.71. The first-order valence-electron chi connectivity index (χ1n) is 10.9. The lowest BCUT2D eigenvalue weighted by Gasteiger charge is -2.21. The lowest BCUT2D eigenvalue weighted by molar-refractivity contribution is 0.0595. The lowest BCUT2D eigenvalue weighted by atomic mass is 10.3. The summed E-state index contributed by atoms with van der Waals surface area (Å²) in [7, 11) is 0. The SMILES string of the molecule is C=C1CSCC(OCCOc2ccc(OCCOC3CSCC(=C)CSC3)cc2)CSC1. The quantitative estimate of drug-likeness (QED) is 0.308. The van der Waals surface area contributed by atoms with Crippen molar-refractivity contribution in [2.75, 3.05) is 72.5 Å². The van der Waals surface area contributed by atoms with Gasteiger partial charge in [-0.25, -0.2) is 0 Å². The van der Waals surface area contributed by atoms with Crippen LogP contribution in [-0.2, 0) is 9.47 Å². The van der Waals surface area contributed by atoms with Gasteiger partial charge >= 0.3 is 0 Å². The topological polar surface area (TPSA) is 36.9 Å². The van der Waals surface area contributed by atoms with Crippen LogP contribution in [0.4, 0.5) is 0 Å². The molecule has 2 aliphatic heterocycles. The van der Waals surface area contributed by atoms with Crippen molar-refractivity contribution in [3.05, 3.63) is 48.6 Å². The molecule has 2 heterocycles. The zero-order chi connectivity index (χ0) is 22.4. The van der Waals surface area contributed by atoms with Crippen LogP contribution in [0.1, 0.15) is 0 Å². The van der Waals surface area contributed by atoms with Crippen LogP contribution in [0.3, 0.4) is 0 Å². The van der Waals surface area contributed by atoms with E-state index in [4.69, 9.17) is 18.9 Å². The molecule has 0 aliphatic carbocycles. The highest BCUT2D eigenvalue weighted by atomic mass is 32.2. The van der Waals surface area contributed by atoms with Gasteiger partial charge in [0.2, 0.25) is 0 Å². The van der Waals surface area contributed by atoms with E-state index in [0.717, 1.165) is 57.5 Å². The third kappa shape index (κ3) is 10.7. The zero-order valence-corrected chi connectivity index (χ0v) is 21.9. The van der Waals surface area contributed by atoms with Gasteiger partial charge in [0.25, 0.3) is 0 Å². The molecule has 0 N–H and O–H groups in total. The average Bonchev–Trinajstić information content (AvgIpc) is 2.76. The van der Waals surface area contributed by atoms with Gasteiger partial charge in [-0.3, -0.25) is 0 Å². The molecular formula is C24H34O4S4. The molecule has 2 fully saturated rings. The Kier molecular flexibility index (Phi) is 12.7. The van der Waals surface area contributed by atoms with E-state index in [1.807, 2.05) is 71.3 Å². The predicted octanol–water partition coefficient (Wildman–Crippen LogP) is 5.29. The van der Waals surface area contributed by atoms with Gasteiger partial charge < -0.3 is 18.9 Å². The molecule has 1 aromatic rings. The Hall–Kier alpha value is -0.380. The van der Waals surface area contributed by atoms with Crippen LogP contribution < -0.4 is 9.47 Å². The van der Waals surface area contributed by atoms with Gasteiger partial charge in [-0.1, -0.05) is 24.3 Å². The Balaban J connectivity index is 1.24. The van der Waals surface area contributed by atoms with Crippen molar-refractivity contribution in [3.8, 4) is 11.5 Å². The van der Waals surface area contributed by atoms with E-state index in [1.165, 1.54) is 11.1 Å². The van der Waals surface area contributed by atoms with Crippen LogP contribution in [0.2, 0.25) is 0 Å². The average molecular weight is 515 g/mol. The van der Waals surface area contributed by atoms with E-state index in [1.54, 1.807) is 0 Å². The molecule has 0 radical (unpaired) electrons. The number of rotatable bonds is 10. The highest BCUT2D eigenvalue weighted by molar-refractivity contribution is 8.01. The Bertz CT molecular complexity index is 615. The summed E-state index contributed by atoms with van der Waals surface area (Å²) in [5, 5.41) is 0. The van der Waals surface area contributed by atoms with Crippen LogP contribution in [0.25, 0.3) is 0 Å². The molecule has 178 valence electrons. The Morgan fingerprint density at radius 1 is 0.594 bits per heavy atom. The smallest absolute Gasteiger partial charge is 0.119 e. The molecule has 0 atom stereocenters. The molecule has 8 heteroatoms. The van der Waals surface area contributed by atoms with Gasteiger partial charge in [0.05, 0.1) is 25.4 Å². The van der Waals surface area contributed by atoms with Gasteiger partial charge in [0.15, 0.2) is 0 Å². The maximum absolute atomic E-state index is 5.99. The monoisotopic (exact) mass is 514 g/mol. The number of hydrogen-bond acceptors (Lipinski definition) is 8. The van der Waals surface area contributed by atoms with Crippen LogP contribution in [-0.4, -0.2) is 84.7 Å². The molecule has 4 nitrogen and oxygen atoms in total. The molecule has 1 aromatic carbocycles. The van der Waals surface area contributed by atoms with E-state index in [9.17, 15) is 0 Å². The minimum atomic E-state index is 0.291. The minimum absolute atomic E-state index is 0.291. The molecule has 2 aliphatic rings. The molecule has 2 saturated heterocycles. The summed E-state index contributed by atoms with van der Waals surface area (Å²) in [5.41, 5.74) is 2.64. The van der Waals surface area contributed by atoms with Crippen molar-refractivity contribution < 1.29 is 18.9 Å². The van der Waals surface area contributed by atoms with Gasteiger partial charge in [0.1, 0.15) is 24.7 Å². The summed E-state index contributed by atoms with van der Waals surface area (Å²) in [6.07, 6.45) is 0.581. The highest BCUT2D eigenvalue weighted by Crippen LogP contribution is 2.22. The number of thioether (sulfide) groups is 4. The van der Waals surface area contributed by atoms with E-state index >= 15 is 0 Å². The molecule has 32 heavy (non-hydrogen) atoms. The van der Waals surface area contributed by atoms with Crippen molar-refractivity contribution in [3.63, 3.8) is 0 Å². The summed E-state index contributed by atoms with van der Waals surface area (Å²) in [5.74, 6) is 9.93. The van der Waals surface area contributed by atoms with Crippen LogP contribution in [0.15, 0.2) is 48.6 Å². The van der Waals surface area contributed by atoms with Crippen molar-refractivity contribution in [1.29, 1.82) is 0 Å². The van der Waals surface area contributed by atoms with Gasteiger partial charge in [-0.05, 0) is 24.3 Å². The normalized spacial score (nSPS) is 19.6. The minimum Gasteiger partial charge on any atom is -0.491 e. The zero-order valence-electron chi connectivity index (χ0n) is 18.6. The number of hydrogen-bond donors (Lipinski definition) is 0. The predicted molar refractivity (Wildman–Crippen MR) is 144 cm³/mol. The van der Waals surface area contributed by atoms with Crippen molar-refractivity contribution in [2.24, 2.45) is 0 Å². The molecule has 0 unspecified atom stereocenters. The van der Waals surface area contributed by atoms with E-state index in [-0.39, 0.29) is 0 Å². The first-order chi connectivity index (χ1) is 15.7. The van der Waals surface area contributed by atoms with Crippen molar-refractivity contribution >= 4 is 47.0 Å². The molecule has 0 amide bonds. The molecule has 0 saturated carbocycles. The van der Waals surface area contributed by atoms with E-state index < -0.39 is 0 Å². The van der Waals surface area contributed by atoms with Crippen LogP contribution >= 0.6 is 47.0 Å². The van der Waals surface area contributed by atoms with E-state index in [0.29, 0.717) is 38.6 Å². The van der Waals surface area contributed by atoms with Crippen molar-refractivity contribution in [1.82, 2.24) is 0 Å². The van der Waals surface area contributed by atoms with Crippen molar-refractivity contribution in [2.45, 2.75) is 12.2 Å². The third-order valence-electron chi connectivity index (χ3n) is 4.67. The Morgan fingerprint density at radius 3 is 1.28 bits per heavy atom. The Morgan fingerprint density at radius 2 is 0.938 bits per heavy atom. The molecule has 0 aromatic heterocycles. The fraction of sp³-hybridized carbons (Fsp3) is 0.583. The molecular weight excluding hydrogens is 481 g/mol. The summed E-state index contributed by atoms with van der Waals surface area (Å²) in [6.45, 7) is 10.5. The van der Waals surface area contributed by atoms with Gasteiger partial charge in [-0.15, -0.1) is 0 Å². The number of benzene rings is 1. The summed E-state index contributed by atoms with van der Waals surface area (Å²) >= 11 is 7.65. The second-order valence-corrected chi connectivity index (χ2v) is 11.8. The van der Waals surface area contributed by atoms with Gasteiger partial charge in [0, 0.05) is 46.0 Å². The fourth-order valence-corrected chi connectivity index (χ4v) is 7.59. The third-order valence-corrected chi connectivity index (χ3v) is 9.55. The van der Waals surface area contributed by atoms with Crippen LogP contribution in [0.5, 0.6) is 11.5 Å².